The first-order chi connectivity index (χ1) is 10.1. The van der Waals surface area contributed by atoms with Crippen LogP contribution in [0.2, 0.25) is 0 Å². The summed E-state index contributed by atoms with van der Waals surface area (Å²) in [6.45, 7) is 2.66. The van der Waals surface area contributed by atoms with Crippen LogP contribution in [0.5, 0.6) is 0 Å². The average molecular weight is 347 g/mol. The first-order valence-corrected chi connectivity index (χ1v) is 7.66. The number of likely N-dealkylation sites (N-methyl/N-ethyl adjacent to an activating group) is 1. The van der Waals surface area contributed by atoms with Crippen LogP contribution in [0, 0.1) is 0 Å². The third-order valence-corrected chi connectivity index (χ3v) is 3.96. The minimum absolute atomic E-state index is 0.00393. The predicted octanol–water partition coefficient (Wildman–Crippen LogP) is 3.91. The van der Waals surface area contributed by atoms with Gasteiger partial charge in [-0.25, -0.2) is 0 Å². The van der Waals surface area contributed by atoms with Crippen LogP contribution >= 0.6 is 15.9 Å². The number of hydrogen-bond donors (Lipinski definition) is 1. The lowest BCUT2D eigenvalue weighted by Crippen LogP contribution is -2.39. The summed E-state index contributed by atoms with van der Waals surface area (Å²) >= 11 is 3.38. The Bertz CT molecular complexity index is 583. The number of nitrogens with zero attached hydrogens (tertiary/aromatic N) is 1. The molecule has 110 valence electrons. The Labute approximate surface area is 134 Å². The van der Waals surface area contributed by atoms with E-state index in [0.29, 0.717) is 0 Å². The van der Waals surface area contributed by atoms with E-state index in [1.807, 2.05) is 61.3 Å². The van der Waals surface area contributed by atoms with Crippen LogP contribution in [-0.4, -0.2) is 23.9 Å². The second kappa shape index (κ2) is 7.38. The summed E-state index contributed by atoms with van der Waals surface area (Å²) in [6.07, 6.45) is 0. The minimum atomic E-state index is -0.200. The summed E-state index contributed by atoms with van der Waals surface area (Å²) in [7, 11) is 1.96. The molecule has 0 bridgehead atoms. The molecule has 0 aliphatic carbocycles. The van der Waals surface area contributed by atoms with E-state index < -0.39 is 0 Å². The highest BCUT2D eigenvalue weighted by molar-refractivity contribution is 9.10. The van der Waals surface area contributed by atoms with Gasteiger partial charge in [0.05, 0.1) is 6.04 Å². The standard InChI is InChI=1S/C17H19BrN2O/c1-13(20(2)12-14-6-4-3-5-7-14)17(21)19-16-10-8-15(18)9-11-16/h3-11,13H,12H2,1-2H3,(H,19,21). The Morgan fingerprint density at radius 1 is 1.14 bits per heavy atom. The number of halogens is 1. The monoisotopic (exact) mass is 346 g/mol. The second-order valence-electron chi connectivity index (χ2n) is 5.07. The zero-order chi connectivity index (χ0) is 15.2. The van der Waals surface area contributed by atoms with Gasteiger partial charge in [-0.3, -0.25) is 9.69 Å². The Morgan fingerprint density at radius 2 is 1.76 bits per heavy atom. The number of carbonyl (C=O) groups excluding carboxylic acids is 1. The molecule has 0 fully saturated rings. The van der Waals surface area contributed by atoms with E-state index >= 15 is 0 Å². The summed E-state index contributed by atoms with van der Waals surface area (Å²) in [4.78, 5) is 14.3. The fourth-order valence-corrected chi connectivity index (χ4v) is 2.25. The molecular weight excluding hydrogens is 328 g/mol. The van der Waals surface area contributed by atoms with Crippen LogP contribution in [0.1, 0.15) is 12.5 Å². The van der Waals surface area contributed by atoms with Crippen LogP contribution in [0.25, 0.3) is 0 Å². The average Bonchev–Trinajstić information content (AvgIpc) is 2.49. The van der Waals surface area contributed by atoms with Crippen LogP contribution in [0.3, 0.4) is 0 Å². The summed E-state index contributed by atoms with van der Waals surface area (Å²) in [6, 6.07) is 17.5. The van der Waals surface area contributed by atoms with Crippen molar-refractivity contribution in [2.75, 3.05) is 12.4 Å². The van der Waals surface area contributed by atoms with Crippen molar-refractivity contribution in [3.63, 3.8) is 0 Å². The van der Waals surface area contributed by atoms with Crippen molar-refractivity contribution in [1.82, 2.24) is 4.90 Å². The Morgan fingerprint density at radius 3 is 2.38 bits per heavy atom. The SMILES string of the molecule is CC(C(=O)Nc1ccc(Br)cc1)N(C)Cc1ccccc1. The fourth-order valence-electron chi connectivity index (χ4n) is 1.99. The number of benzene rings is 2. The van der Waals surface area contributed by atoms with Crippen molar-refractivity contribution < 1.29 is 4.79 Å². The molecule has 0 spiro atoms. The molecular formula is C17H19BrN2O. The number of amides is 1. The van der Waals surface area contributed by atoms with E-state index in [9.17, 15) is 4.79 Å². The van der Waals surface area contributed by atoms with Gasteiger partial charge in [-0.1, -0.05) is 46.3 Å². The minimum Gasteiger partial charge on any atom is -0.325 e. The molecule has 1 amide bonds. The maximum atomic E-state index is 12.3. The largest absolute Gasteiger partial charge is 0.325 e. The lowest BCUT2D eigenvalue weighted by Gasteiger charge is -2.24. The summed E-state index contributed by atoms with van der Waals surface area (Å²) in [5.41, 5.74) is 2.01. The fraction of sp³-hybridized carbons (Fsp3) is 0.235. The molecule has 21 heavy (non-hydrogen) atoms. The third kappa shape index (κ3) is 4.69. The van der Waals surface area contributed by atoms with Gasteiger partial charge in [-0.2, -0.15) is 0 Å². The van der Waals surface area contributed by atoms with Gasteiger partial charge in [0.1, 0.15) is 0 Å². The lowest BCUT2D eigenvalue weighted by atomic mass is 10.2. The highest BCUT2D eigenvalue weighted by Gasteiger charge is 2.18. The molecule has 0 aromatic heterocycles. The van der Waals surface area contributed by atoms with Gasteiger partial charge in [-0.15, -0.1) is 0 Å². The number of anilines is 1. The molecule has 1 atom stereocenters. The third-order valence-electron chi connectivity index (χ3n) is 3.43. The van der Waals surface area contributed by atoms with Gasteiger partial charge in [0.2, 0.25) is 5.91 Å². The van der Waals surface area contributed by atoms with Gasteiger partial charge in [0, 0.05) is 16.7 Å². The molecule has 1 unspecified atom stereocenters. The van der Waals surface area contributed by atoms with E-state index in [1.54, 1.807) is 0 Å². The highest BCUT2D eigenvalue weighted by Crippen LogP contribution is 2.15. The van der Waals surface area contributed by atoms with Crippen LogP contribution in [-0.2, 0) is 11.3 Å². The van der Waals surface area contributed by atoms with Gasteiger partial charge in [-0.05, 0) is 43.8 Å². The number of rotatable bonds is 5. The van der Waals surface area contributed by atoms with Gasteiger partial charge >= 0.3 is 0 Å². The lowest BCUT2D eigenvalue weighted by molar-refractivity contribution is -0.120. The molecule has 2 aromatic rings. The zero-order valence-corrected chi connectivity index (χ0v) is 13.8. The summed E-state index contributed by atoms with van der Waals surface area (Å²) < 4.78 is 0.995. The summed E-state index contributed by atoms with van der Waals surface area (Å²) in [5.74, 6) is -0.00393. The summed E-state index contributed by atoms with van der Waals surface area (Å²) in [5, 5.41) is 2.93. The topological polar surface area (TPSA) is 32.3 Å². The van der Waals surface area contributed by atoms with Crippen molar-refractivity contribution in [1.29, 1.82) is 0 Å². The van der Waals surface area contributed by atoms with Crippen LogP contribution in [0.4, 0.5) is 5.69 Å². The molecule has 4 heteroatoms. The van der Waals surface area contributed by atoms with Crippen molar-refractivity contribution in [3.05, 3.63) is 64.6 Å². The van der Waals surface area contributed by atoms with Gasteiger partial charge in [0.15, 0.2) is 0 Å². The smallest absolute Gasteiger partial charge is 0.241 e. The van der Waals surface area contributed by atoms with Crippen molar-refractivity contribution in [3.8, 4) is 0 Å². The van der Waals surface area contributed by atoms with Gasteiger partial charge < -0.3 is 5.32 Å². The molecule has 0 heterocycles. The normalized spacial score (nSPS) is 12.2. The molecule has 0 radical (unpaired) electrons. The van der Waals surface area contributed by atoms with Crippen LogP contribution in [0.15, 0.2) is 59.1 Å². The molecule has 2 rings (SSSR count). The number of hydrogen-bond acceptors (Lipinski definition) is 2. The predicted molar refractivity (Wildman–Crippen MR) is 90.1 cm³/mol. The zero-order valence-electron chi connectivity index (χ0n) is 12.2. The van der Waals surface area contributed by atoms with Gasteiger partial charge in [0.25, 0.3) is 0 Å². The van der Waals surface area contributed by atoms with E-state index in [-0.39, 0.29) is 11.9 Å². The Kier molecular flexibility index (Phi) is 5.53. The molecule has 0 saturated heterocycles. The van der Waals surface area contributed by atoms with Crippen molar-refractivity contribution in [2.45, 2.75) is 19.5 Å². The van der Waals surface area contributed by atoms with E-state index in [2.05, 4.69) is 33.4 Å². The quantitative estimate of drug-likeness (QED) is 0.890. The molecule has 0 aliphatic rings. The van der Waals surface area contributed by atoms with E-state index in [1.165, 1.54) is 5.56 Å². The molecule has 1 N–H and O–H groups in total. The first kappa shape index (κ1) is 15.7. The van der Waals surface area contributed by atoms with Crippen molar-refractivity contribution >= 4 is 27.5 Å². The maximum absolute atomic E-state index is 12.3. The Hall–Kier alpha value is -1.65. The van der Waals surface area contributed by atoms with E-state index in [4.69, 9.17) is 0 Å². The maximum Gasteiger partial charge on any atom is 0.241 e. The van der Waals surface area contributed by atoms with Crippen molar-refractivity contribution in [2.24, 2.45) is 0 Å². The molecule has 0 saturated carbocycles. The number of carbonyl (C=O) groups is 1. The first-order valence-electron chi connectivity index (χ1n) is 6.87. The molecule has 0 aliphatic heterocycles. The molecule has 2 aromatic carbocycles. The van der Waals surface area contributed by atoms with E-state index in [0.717, 1.165) is 16.7 Å². The second-order valence-corrected chi connectivity index (χ2v) is 5.99. The Balaban J connectivity index is 1.93. The number of nitrogens with one attached hydrogen (secondary N) is 1. The van der Waals surface area contributed by atoms with Crippen LogP contribution < -0.4 is 5.32 Å². The molecule has 3 nitrogen and oxygen atoms in total. The highest BCUT2D eigenvalue weighted by atomic mass is 79.9.